The highest BCUT2D eigenvalue weighted by Crippen LogP contribution is 2.22. The summed E-state index contributed by atoms with van der Waals surface area (Å²) in [5.74, 6) is 0.365. The predicted molar refractivity (Wildman–Crippen MR) is 106 cm³/mol. The number of rotatable bonds is 6. The van der Waals surface area contributed by atoms with Crippen molar-refractivity contribution in [3.05, 3.63) is 77.3 Å². The standard InChI is InChI=1S/C21H18N4O3/c26-19(14-25-21(27)17-8-2-1-5-16(17)13-24-25)22-11-12-28-18-9-3-6-15-7-4-10-23-20(15)18/h1-10,13H,11-12,14H2,(H,22,26). The van der Waals surface area contributed by atoms with Crippen LogP contribution in [0.15, 0.2) is 71.8 Å². The first-order valence-electron chi connectivity index (χ1n) is 8.90. The van der Waals surface area contributed by atoms with Gasteiger partial charge in [0.15, 0.2) is 0 Å². The van der Waals surface area contributed by atoms with Crippen LogP contribution in [0.4, 0.5) is 0 Å². The van der Waals surface area contributed by atoms with Crippen molar-refractivity contribution in [3.63, 3.8) is 0 Å². The van der Waals surface area contributed by atoms with E-state index in [2.05, 4.69) is 15.4 Å². The lowest BCUT2D eigenvalue weighted by Crippen LogP contribution is -2.35. The molecule has 2 aromatic heterocycles. The number of nitrogens with one attached hydrogen (secondary N) is 1. The van der Waals surface area contributed by atoms with Gasteiger partial charge in [-0.05, 0) is 18.2 Å². The number of fused-ring (bicyclic) bond motifs is 2. The van der Waals surface area contributed by atoms with Crippen LogP contribution in [0.1, 0.15) is 0 Å². The molecule has 2 aromatic carbocycles. The van der Waals surface area contributed by atoms with Gasteiger partial charge >= 0.3 is 0 Å². The van der Waals surface area contributed by atoms with E-state index in [4.69, 9.17) is 4.74 Å². The third-order valence-electron chi connectivity index (χ3n) is 4.33. The third kappa shape index (κ3) is 3.68. The van der Waals surface area contributed by atoms with Crippen molar-refractivity contribution in [3.8, 4) is 5.75 Å². The summed E-state index contributed by atoms with van der Waals surface area (Å²) < 4.78 is 6.90. The molecule has 0 aliphatic carbocycles. The Balaban J connectivity index is 1.34. The van der Waals surface area contributed by atoms with Gasteiger partial charge in [-0.15, -0.1) is 0 Å². The Kier molecular flexibility index (Phi) is 4.97. The number of para-hydroxylation sites is 1. The number of ether oxygens (including phenoxy) is 1. The van der Waals surface area contributed by atoms with Crippen molar-refractivity contribution in [2.24, 2.45) is 0 Å². The summed E-state index contributed by atoms with van der Waals surface area (Å²) in [7, 11) is 0. The maximum absolute atomic E-state index is 12.4. The van der Waals surface area contributed by atoms with Crippen LogP contribution >= 0.6 is 0 Å². The van der Waals surface area contributed by atoms with E-state index >= 15 is 0 Å². The molecule has 28 heavy (non-hydrogen) atoms. The Morgan fingerprint density at radius 1 is 1.04 bits per heavy atom. The van der Waals surface area contributed by atoms with Crippen molar-refractivity contribution in [2.75, 3.05) is 13.2 Å². The fourth-order valence-electron chi connectivity index (χ4n) is 2.98. The highest BCUT2D eigenvalue weighted by Gasteiger charge is 2.08. The van der Waals surface area contributed by atoms with Gasteiger partial charge in [-0.25, -0.2) is 4.68 Å². The Bertz CT molecular complexity index is 1200. The number of hydrogen-bond acceptors (Lipinski definition) is 5. The molecule has 7 nitrogen and oxygen atoms in total. The van der Waals surface area contributed by atoms with Crippen molar-refractivity contribution in [1.29, 1.82) is 0 Å². The third-order valence-corrected chi connectivity index (χ3v) is 4.33. The summed E-state index contributed by atoms with van der Waals surface area (Å²) in [6.45, 7) is 0.464. The molecule has 0 aliphatic rings. The zero-order valence-electron chi connectivity index (χ0n) is 15.0. The largest absolute Gasteiger partial charge is 0.489 e. The smallest absolute Gasteiger partial charge is 0.275 e. The van der Waals surface area contributed by atoms with Crippen molar-refractivity contribution in [1.82, 2.24) is 20.1 Å². The van der Waals surface area contributed by atoms with Crippen LogP contribution in [0.3, 0.4) is 0 Å². The molecule has 0 aliphatic heterocycles. The maximum Gasteiger partial charge on any atom is 0.275 e. The summed E-state index contributed by atoms with van der Waals surface area (Å²) in [6, 6.07) is 16.7. The fourth-order valence-corrected chi connectivity index (χ4v) is 2.98. The molecule has 0 saturated heterocycles. The van der Waals surface area contributed by atoms with Crippen LogP contribution in [0, 0.1) is 0 Å². The molecule has 2 heterocycles. The molecule has 1 N–H and O–H groups in total. The summed E-state index contributed by atoms with van der Waals surface area (Å²) in [4.78, 5) is 28.9. The highest BCUT2D eigenvalue weighted by atomic mass is 16.5. The van der Waals surface area contributed by atoms with E-state index in [0.717, 1.165) is 21.0 Å². The van der Waals surface area contributed by atoms with Gasteiger partial charge in [-0.1, -0.05) is 36.4 Å². The number of pyridine rings is 1. The zero-order chi connectivity index (χ0) is 19.3. The number of aromatic nitrogens is 3. The van der Waals surface area contributed by atoms with Gasteiger partial charge in [0, 0.05) is 17.0 Å². The number of amides is 1. The van der Waals surface area contributed by atoms with E-state index in [1.54, 1.807) is 24.5 Å². The van der Waals surface area contributed by atoms with Crippen molar-refractivity contribution >= 4 is 27.6 Å². The highest BCUT2D eigenvalue weighted by molar-refractivity contribution is 5.84. The SMILES string of the molecule is O=C(Cn1ncc2ccccc2c1=O)NCCOc1cccc2cccnc12. The second kappa shape index (κ2) is 7.87. The van der Waals surface area contributed by atoms with Gasteiger partial charge in [0.2, 0.25) is 5.91 Å². The molecule has 0 saturated carbocycles. The maximum atomic E-state index is 12.4. The average molecular weight is 374 g/mol. The van der Waals surface area contributed by atoms with Crippen LogP contribution in [0.25, 0.3) is 21.7 Å². The molecule has 0 unspecified atom stereocenters. The molecule has 0 atom stereocenters. The minimum absolute atomic E-state index is 0.139. The van der Waals surface area contributed by atoms with E-state index in [9.17, 15) is 9.59 Å². The van der Waals surface area contributed by atoms with Crippen LogP contribution in [0.2, 0.25) is 0 Å². The van der Waals surface area contributed by atoms with Gasteiger partial charge in [-0.3, -0.25) is 14.6 Å². The Morgan fingerprint density at radius 3 is 2.79 bits per heavy atom. The normalized spacial score (nSPS) is 10.9. The monoisotopic (exact) mass is 374 g/mol. The molecule has 0 fully saturated rings. The Labute approximate surface area is 160 Å². The number of carbonyl (C=O) groups excluding carboxylic acids is 1. The van der Waals surface area contributed by atoms with Crippen LogP contribution in [0.5, 0.6) is 5.75 Å². The molecule has 4 rings (SSSR count). The molecular formula is C21H18N4O3. The minimum Gasteiger partial charge on any atom is -0.489 e. The van der Waals surface area contributed by atoms with Crippen molar-refractivity contribution < 1.29 is 9.53 Å². The van der Waals surface area contributed by atoms with E-state index in [1.165, 1.54) is 0 Å². The number of carbonyl (C=O) groups is 1. The molecule has 1 amide bonds. The topological polar surface area (TPSA) is 86.1 Å². The zero-order valence-corrected chi connectivity index (χ0v) is 15.0. The molecule has 0 spiro atoms. The number of benzene rings is 2. The average Bonchev–Trinajstić information content (AvgIpc) is 2.73. The van der Waals surface area contributed by atoms with Gasteiger partial charge in [0.05, 0.1) is 18.1 Å². The van der Waals surface area contributed by atoms with Gasteiger partial charge in [0.1, 0.15) is 24.4 Å². The Morgan fingerprint density at radius 2 is 1.86 bits per heavy atom. The molecular weight excluding hydrogens is 356 g/mol. The Hall–Kier alpha value is -3.74. The predicted octanol–water partition coefficient (Wildman–Crippen LogP) is 2.14. The van der Waals surface area contributed by atoms with Gasteiger partial charge in [0.25, 0.3) is 5.56 Å². The second-order valence-electron chi connectivity index (χ2n) is 6.22. The summed E-state index contributed by atoms with van der Waals surface area (Å²) in [5, 5.41) is 9.08. The quantitative estimate of drug-likeness (QED) is 0.523. The van der Waals surface area contributed by atoms with Crippen molar-refractivity contribution in [2.45, 2.75) is 6.54 Å². The first-order valence-corrected chi connectivity index (χ1v) is 8.90. The number of hydrogen-bond donors (Lipinski definition) is 1. The van der Waals surface area contributed by atoms with E-state index in [1.807, 2.05) is 42.5 Å². The minimum atomic E-state index is -0.301. The summed E-state index contributed by atoms with van der Waals surface area (Å²) >= 11 is 0. The van der Waals surface area contributed by atoms with E-state index in [0.29, 0.717) is 24.3 Å². The molecule has 7 heteroatoms. The first-order chi connectivity index (χ1) is 13.7. The summed E-state index contributed by atoms with van der Waals surface area (Å²) in [5.41, 5.74) is 0.495. The van der Waals surface area contributed by atoms with E-state index in [-0.39, 0.29) is 18.0 Å². The first kappa shape index (κ1) is 17.7. The van der Waals surface area contributed by atoms with Crippen LogP contribution in [-0.2, 0) is 11.3 Å². The summed E-state index contributed by atoms with van der Waals surface area (Å²) in [6.07, 6.45) is 3.30. The van der Waals surface area contributed by atoms with Crippen LogP contribution < -0.4 is 15.6 Å². The molecule has 0 radical (unpaired) electrons. The molecule has 4 aromatic rings. The van der Waals surface area contributed by atoms with E-state index < -0.39 is 0 Å². The lowest BCUT2D eigenvalue weighted by atomic mass is 10.2. The lowest BCUT2D eigenvalue weighted by Gasteiger charge is -2.10. The van der Waals surface area contributed by atoms with Crippen LogP contribution in [-0.4, -0.2) is 33.8 Å². The molecule has 0 bridgehead atoms. The number of nitrogens with zero attached hydrogens (tertiary/aromatic N) is 3. The fraction of sp³-hybridized carbons (Fsp3) is 0.143. The lowest BCUT2D eigenvalue weighted by molar-refractivity contribution is -0.122. The second-order valence-corrected chi connectivity index (χ2v) is 6.22. The van der Waals surface area contributed by atoms with Gasteiger partial charge in [-0.2, -0.15) is 5.10 Å². The van der Waals surface area contributed by atoms with Gasteiger partial charge < -0.3 is 10.1 Å². The molecule has 140 valence electrons.